The van der Waals surface area contributed by atoms with E-state index in [0.717, 1.165) is 23.6 Å². The van der Waals surface area contributed by atoms with Gasteiger partial charge in [0.05, 0.1) is 0 Å². The summed E-state index contributed by atoms with van der Waals surface area (Å²) in [5, 5.41) is 0. The molecule has 5 heteroatoms. The van der Waals surface area contributed by atoms with Crippen LogP contribution in [-0.4, -0.2) is 19.1 Å². The van der Waals surface area contributed by atoms with Crippen LogP contribution in [0, 0.1) is 4.77 Å². The Morgan fingerprint density at radius 2 is 2.36 bits per heavy atom. The van der Waals surface area contributed by atoms with E-state index >= 15 is 0 Å². The zero-order valence-corrected chi connectivity index (χ0v) is 8.79. The fourth-order valence-corrected chi connectivity index (χ4v) is 1.60. The van der Waals surface area contributed by atoms with Crippen LogP contribution in [0.15, 0.2) is 24.8 Å². The number of aromatic amines is 1. The molecule has 0 saturated carbocycles. The first-order valence-electron chi connectivity index (χ1n) is 4.47. The fraction of sp³-hybridized carbons (Fsp3) is 0.333. The van der Waals surface area contributed by atoms with Crippen molar-refractivity contribution in [2.45, 2.75) is 13.0 Å². The van der Waals surface area contributed by atoms with Crippen molar-refractivity contribution in [3.63, 3.8) is 0 Å². The van der Waals surface area contributed by atoms with E-state index in [2.05, 4.69) is 9.97 Å². The van der Waals surface area contributed by atoms with E-state index in [0.29, 0.717) is 0 Å². The van der Waals surface area contributed by atoms with Gasteiger partial charge in [0.25, 0.3) is 0 Å². The highest BCUT2D eigenvalue weighted by molar-refractivity contribution is 7.71. The van der Waals surface area contributed by atoms with Crippen LogP contribution in [0.1, 0.15) is 5.82 Å². The Bertz CT molecular complexity index is 465. The maximum atomic E-state index is 5.09. The molecular weight excluding hydrogens is 196 g/mol. The second-order valence-corrected chi connectivity index (χ2v) is 3.55. The summed E-state index contributed by atoms with van der Waals surface area (Å²) in [6, 6.07) is 0. The maximum absolute atomic E-state index is 5.09. The Hall–Kier alpha value is -1.36. The molecule has 4 nitrogen and oxygen atoms in total. The summed E-state index contributed by atoms with van der Waals surface area (Å²) in [4.78, 5) is 7.21. The van der Waals surface area contributed by atoms with E-state index in [4.69, 9.17) is 12.2 Å². The molecule has 0 amide bonds. The second-order valence-electron chi connectivity index (χ2n) is 3.16. The lowest BCUT2D eigenvalue weighted by Crippen LogP contribution is -2.04. The number of rotatable bonds is 3. The lowest BCUT2D eigenvalue weighted by molar-refractivity contribution is 0.644. The molecule has 0 unspecified atom stereocenters. The molecular formula is C9H12N4S. The van der Waals surface area contributed by atoms with Gasteiger partial charge in [0.15, 0.2) is 4.77 Å². The third kappa shape index (κ3) is 1.77. The molecule has 0 aliphatic heterocycles. The number of H-pyrrole nitrogens is 1. The molecule has 14 heavy (non-hydrogen) atoms. The number of aryl methyl sites for hydroxylation is 3. The third-order valence-corrected chi connectivity index (χ3v) is 2.57. The molecule has 74 valence electrons. The van der Waals surface area contributed by atoms with Gasteiger partial charge in [-0.25, -0.2) is 4.98 Å². The molecule has 0 radical (unpaired) electrons. The summed E-state index contributed by atoms with van der Waals surface area (Å²) in [7, 11) is 2.00. The highest BCUT2D eigenvalue weighted by atomic mass is 32.1. The van der Waals surface area contributed by atoms with Gasteiger partial charge in [-0.2, -0.15) is 0 Å². The van der Waals surface area contributed by atoms with Crippen molar-refractivity contribution in [3.8, 4) is 0 Å². The van der Waals surface area contributed by atoms with Gasteiger partial charge < -0.3 is 14.1 Å². The average Bonchev–Trinajstić information content (AvgIpc) is 2.72. The Morgan fingerprint density at radius 3 is 2.93 bits per heavy atom. The number of aromatic nitrogens is 4. The molecule has 0 saturated heterocycles. The molecule has 2 heterocycles. The molecule has 0 aliphatic rings. The van der Waals surface area contributed by atoms with Gasteiger partial charge in [-0.3, -0.25) is 0 Å². The predicted molar refractivity (Wildman–Crippen MR) is 56.5 cm³/mol. The molecule has 0 bridgehead atoms. The Labute approximate surface area is 87.2 Å². The normalized spacial score (nSPS) is 10.6. The largest absolute Gasteiger partial charge is 0.338 e. The third-order valence-electron chi connectivity index (χ3n) is 2.22. The van der Waals surface area contributed by atoms with Crippen molar-refractivity contribution in [1.82, 2.24) is 19.1 Å². The summed E-state index contributed by atoms with van der Waals surface area (Å²) < 4.78 is 4.79. The molecule has 0 aromatic carbocycles. The van der Waals surface area contributed by atoms with Gasteiger partial charge in [0.2, 0.25) is 0 Å². The van der Waals surface area contributed by atoms with Gasteiger partial charge in [0.1, 0.15) is 5.82 Å². The van der Waals surface area contributed by atoms with Crippen LogP contribution in [0.4, 0.5) is 0 Å². The van der Waals surface area contributed by atoms with Gasteiger partial charge in [-0.05, 0) is 12.2 Å². The van der Waals surface area contributed by atoms with Crippen LogP contribution < -0.4 is 0 Å². The zero-order chi connectivity index (χ0) is 9.97. The second kappa shape index (κ2) is 3.79. The SMILES string of the molecule is Cn1ccnc1CCn1cc[nH]c1=S. The van der Waals surface area contributed by atoms with E-state index in [9.17, 15) is 0 Å². The minimum atomic E-state index is 0.763. The minimum absolute atomic E-state index is 0.763. The molecule has 0 fully saturated rings. The van der Waals surface area contributed by atoms with Gasteiger partial charge >= 0.3 is 0 Å². The summed E-state index contributed by atoms with van der Waals surface area (Å²) in [6.45, 7) is 0.868. The van der Waals surface area contributed by atoms with Gasteiger partial charge in [0, 0.05) is 44.8 Å². The lowest BCUT2D eigenvalue weighted by Gasteiger charge is -2.02. The van der Waals surface area contributed by atoms with E-state index in [1.54, 1.807) is 0 Å². The minimum Gasteiger partial charge on any atom is -0.338 e. The standard InChI is InChI=1S/C9H12N4S/c1-12-6-3-10-8(12)2-5-13-7-4-11-9(13)14/h3-4,6-7H,2,5H2,1H3,(H,11,14). The maximum Gasteiger partial charge on any atom is 0.177 e. The first-order valence-corrected chi connectivity index (χ1v) is 4.88. The molecule has 0 atom stereocenters. The van der Waals surface area contributed by atoms with Crippen LogP contribution in [0.25, 0.3) is 0 Å². The van der Waals surface area contributed by atoms with Crippen LogP contribution in [0.2, 0.25) is 0 Å². The fourth-order valence-electron chi connectivity index (χ4n) is 1.38. The quantitative estimate of drug-likeness (QED) is 0.777. The van der Waals surface area contributed by atoms with Gasteiger partial charge in [-0.15, -0.1) is 0 Å². The summed E-state index contributed by atoms with van der Waals surface area (Å²) >= 11 is 5.09. The van der Waals surface area contributed by atoms with Crippen molar-refractivity contribution in [2.24, 2.45) is 7.05 Å². The summed E-state index contributed by atoms with van der Waals surface area (Å²) in [5.41, 5.74) is 0. The summed E-state index contributed by atoms with van der Waals surface area (Å²) in [6.07, 6.45) is 8.46. The first kappa shape index (κ1) is 9.21. The first-order chi connectivity index (χ1) is 6.77. The van der Waals surface area contributed by atoms with Crippen molar-refractivity contribution in [3.05, 3.63) is 35.4 Å². The van der Waals surface area contributed by atoms with E-state index < -0.39 is 0 Å². The van der Waals surface area contributed by atoms with Crippen LogP contribution in [-0.2, 0) is 20.0 Å². The molecule has 2 rings (SSSR count). The average molecular weight is 208 g/mol. The van der Waals surface area contributed by atoms with Crippen LogP contribution >= 0.6 is 12.2 Å². The zero-order valence-electron chi connectivity index (χ0n) is 7.97. The van der Waals surface area contributed by atoms with Crippen LogP contribution in [0.3, 0.4) is 0 Å². The van der Waals surface area contributed by atoms with Crippen LogP contribution in [0.5, 0.6) is 0 Å². The number of hydrogen-bond acceptors (Lipinski definition) is 2. The molecule has 2 aromatic rings. The smallest absolute Gasteiger partial charge is 0.177 e. The van der Waals surface area contributed by atoms with Crippen molar-refractivity contribution >= 4 is 12.2 Å². The molecule has 1 N–H and O–H groups in total. The lowest BCUT2D eigenvalue weighted by atomic mass is 10.4. The van der Waals surface area contributed by atoms with E-state index in [1.807, 2.05) is 41.0 Å². The Morgan fingerprint density at radius 1 is 1.50 bits per heavy atom. The van der Waals surface area contributed by atoms with Gasteiger partial charge in [-0.1, -0.05) is 0 Å². The summed E-state index contributed by atoms with van der Waals surface area (Å²) in [5.74, 6) is 1.08. The number of imidazole rings is 2. The van der Waals surface area contributed by atoms with E-state index in [-0.39, 0.29) is 0 Å². The molecule has 0 spiro atoms. The van der Waals surface area contributed by atoms with E-state index in [1.165, 1.54) is 0 Å². The Balaban J connectivity index is 2.05. The van der Waals surface area contributed by atoms with Crippen molar-refractivity contribution in [2.75, 3.05) is 0 Å². The van der Waals surface area contributed by atoms with Crippen molar-refractivity contribution < 1.29 is 0 Å². The predicted octanol–water partition coefficient (Wildman–Crippen LogP) is 1.52. The monoisotopic (exact) mass is 208 g/mol. The highest BCUT2D eigenvalue weighted by Gasteiger charge is 1.99. The number of nitrogens with zero attached hydrogens (tertiary/aromatic N) is 3. The highest BCUT2D eigenvalue weighted by Crippen LogP contribution is 1.99. The molecule has 0 aliphatic carbocycles. The topological polar surface area (TPSA) is 38.5 Å². The molecule has 2 aromatic heterocycles. The van der Waals surface area contributed by atoms with Crippen molar-refractivity contribution in [1.29, 1.82) is 0 Å². The number of hydrogen-bond donors (Lipinski definition) is 1. The Kier molecular flexibility index (Phi) is 2.49. The number of nitrogens with one attached hydrogen (secondary N) is 1.